The van der Waals surface area contributed by atoms with Crippen LogP contribution in [-0.4, -0.2) is 21.4 Å². The molecule has 1 saturated carbocycles. The highest BCUT2D eigenvalue weighted by atomic mass is 35.5. The second-order valence-corrected chi connectivity index (χ2v) is 6.81. The molecule has 0 unspecified atom stereocenters. The summed E-state index contributed by atoms with van der Waals surface area (Å²) in [4.78, 5) is 21.6. The predicted molar refractivity (Wildman–Crippen MR) is 86.0 cm³/mol. The molecule has 0 saturated heterocycles. The molecule has 7 heteroatoms. The van der Waals surface area contributed by atoms with Crippen LogP contribution in [0.25, 0.3) is 0 Å². The maximum Gasteiger partial charge on any atom is 0.254 e. The Morgan fingerprint density at radius 1 is 1.29 bits per heavy atom. The van der Waals surface area contributed by atoms with Crippen molar-refractivity contribution in [2.45, 2.75) is 38.3 Å². The third-order valence-corrected chi connectivity index (χ3v) is 5.06. The molecule has 2 aromatic rings. The molecule has 0 spiro atoms. The summed E-state index contributed by atoms with van der Waals surface area (Å²) in [5, 5.41) is -0.182. The Kier molecular flexibility index (Phi) is 3.89. The molecule has 1 aliphatic carbocycles. The summed E-state index contributed by atoms with van der Waals surface area (Å²) in [5.74, 6) is -0.0511. The van der Waals surface area contributed by atoms with Gasteiger partial charge in [-0.05, 0) is 31.4 Å². The molecule has 0 bridgehead atoms. The van der Waals surface area contributed by atoms with Crippen LogP contribution in [0.2, 0.25) is 5.02 Å². The van der Waals surface area contributed by atoms with Gasteiger partial charge in [0.25, 0.3) is 5.56 Å². The number of nitrogens with one attached hydrogen (secondary N) is 1. The largest absolute Gasteiger partial charge is 0.310 e. The number of rotatable bonds is 3. The van der Waals surface area contributed by atoms with Crippen LogP contribution >= 0.6 is 11.6 Å². The van der Waals surface area contributed by atoms with Gasteiger partial charge in [0, 0.05) is 36.7 Å². The Bertz CT molecular complexity index is 864. The maximum atomic E-state index is 14.0. The third kappa shape index (κ3) is 2.84. The summed E-state index contributed by atoms with van der Waals surface area (Å²) in [6.45, 7) is 1.20. The molecule has 4 nitrogen and oxygen atoms in total. The molecule has 2 heterocycles. The van der Waals surface area contributed by atoms with Crippen molar-refractivity contribution < 1.29 is 8.78 Å². The third-order valence-electron chi connectivity index (χ3n) is 4.66. The van der Waals surface area contributed by atoms with Crippen LogP contribution in [0, 0.1) is 11.6 Å². The second kappa shape index (κ2) is 5.93. The molecular weight excluding hydrogens is 336 g/mol. The monoisotopic (exact) mass is 351 g/mol. The van der Waals surface area contributed by atoms with Crippen molar-refractivity contribution in [1.29, 1.82) is 0 Å². The number of nitrogens with zero attached hydrogens (tertiary/aromatic N) is 2. The molecule has 0 radical (unpaired) electrons. The fourth-order valence-corrected chi connectivity index (χ4v) is 3.35. The Morgan fingerprint density at radius 3 is 2.79 bits per heavy atom. The van der Waals surface area contributed by atoms with Crippen LogP contribution in [0.1, 0.15) is 41.4 Å². The van der Waals surface area contributed by atoms with E-state index in [4.69, 9.17) is 11.6 Å². The van der Waals surface area contributed by atoms with Crippen LogP contribution in [-0.2, 0) is 19.5 Å². The van der Waals surface area contributed by atoms with E-state index in [0.29, 0.717) is 31.0 Å². The van der Waals surface area contributed by atoms with Crippen molar-refractivity contribution in [2.75, 3.05) is 6.54 Å². The van der Waals surface area contributed by atoms with Gasteiger partial charge in [-0.1, -0.05) is 11.6 Å². The Morgan fingerprint density at radius 2 is 2.04 bits per heavy atom. The second-order valence-electron chi connectivity index (χ2n) is 6.43. The van der Waals surface area contributed by atoms with Gasteiger partial charge in [0.2, 0.25) is 0 Å². The molecule has 1 fully saturated rings. The van der Waals surface area contributed by atoms with Gasteiger partial charge in [-0.3, -0.25) is 9.69 Å². The number of aromatic amines is 1. The van der Waals surface area contributed by atoms with Gasteiger partial charge in [-0.15, -0.1) is 0 Å². The van der Waals surface area contributed by atoms with Gasteiger partial charge in [0.05, 0.1) is 10.7 Å². The zero-order chi connectivity index (χ0) is 16.8. The molecule has 1 aromatic carbocycles. The molecule has 0 amide bonds. The predicted octanol–water partition coefficient (Wildman–Crippen LogP) is 3.14. The minimum atomic E-state index is -0.629. The molecule has 126 valence electrons. The Hall–Kier alpha value is -1.79. The van der Waals surface area contributed by atoms with Crippen LogP contribution in [0.15, 0.2) is 16.9 Å². The summed E-state index contributed by atoms with van der Waals surface area (Å²) in [6, 6.07) is 2.11. The average Bonchev–Trinajstić information content (AvgIpc) is 3.40. The molecular formula is C17H16ClF2N3O. The van der Waals surface area contributed by atoms with E-state index in [9.17, 15) is 13.6 Å². The van der Waals surface area contributed by atoms with Gasteiger partial charge in [0.15, 0.2) is 0 Å². The SMILES string of the molecule is O=c1[nH]c(C2CC2)nc2c1CCN(Cc1c(F)ccc(F)c1Cl)C2. The normalized spacial score (nSPS) is 17.8. The first kappa shape index (κ1) is 15.7. The summed E-state index contributed by atoms with van der Waals surface area (Å²) < 4.78 is 27.6. The number of H-pyrrole nitrogens is 1. The fraction of sp³-hybridized carbons (Fsp3) is 0.412. The number of halogens is 3. The van der Waals surface area contributed by atoms with E-state index in [0.717, 1.165) is 36.5 Å². The van der Waals surface area contributed by atoms with Gasteiger partial charge in [0.1, 0.15) is 17.5 Å². The fourth-order valence-electron chi connectivity index (χ4n) is 3.14. The lowest BCUT2D eigenvalue weighted by atomic mass is 10.0. The lowest BCUT2D eigenvalue weighted by molar-refractivity contribution is 0.236. The standard InChI is InChI=1S/C17H16ClF2N3O/c18-15-11(12(19)3-4-13(15)20)7-23-6-5-10-14(8-23)21-16(9-1-2-9)22-17(10)24/h3-4,9H,1-2,5-8H2,(H,21,22,24). The van der Waals surface area contributed by atoms with Gasteiger partial charge in [-0.2, -0.15) is 0 Å². The number of fused-ring (bicyclic) bond motifs is 1. The zero-order valence-corrected chi connectivity index (χ0v) is 13.7. The summed E-state index contributed by atoms with van der Waals surface area (Å²) >= 11 is 5.91. The average molecular weight is 352 g/mol. The van der Waals surface area contributed by atoms with Crippen molar-refractivity contribution in [3.8, 4) is 0 Å². The van der Waals surface area contributed by atoms with E-state index in [1.54, 1.807) is 0 Å². The molecule has 4 rings (SSSR count). The molecule has 1 aromatic heterocycles. The quantitative estimate of drug-likeness (QED) is 0.864. The van der Waals surface area contributed by atoms with Crippen LogP contribution < -0.4 is 5.56 Å². The molecule has 2 aliphatic rings. The van der Waals surface area contributed by atoms with Gasteiger partial charge in [-0.25, -0.2) is 13.8 Å². The first-order chi connectivity index (χ1) is 11.5. The first-order valence-corrected chi connectivity index (χ1v) is 8.37. The maximum absolute atomic E-state index is 14.0. The number of benzene rings is 1. The molecule has 1 aliphatic heterocycles. The van der Waals surface area contributed by atoms with Crippen molar-refractivity contribution >= 4 is 11.6 Å². The number of hydrogen-bond donors (Lipinski definition) is 1. The lowest BCUT2D eigenvalue weighted by Gasteiger charge is -2.28. The highest BCUT2D eigenvalue weighted by Crippen LogP contribution is 2.38. The Balaban J connectivity index is 1.61. The van der Waals surface area contributed by atoms with Gasteiger partial charge >= 0.3 is 0 Å². The van der Waals surface area contributed by atoms with E-state index in [-0.39, 0.29) is 22.7 Å². The van der Waals surface area contributed by atoms with Crippen molar-refractivity contribution in [3.05, 3.63) is 61.8 Å². The van der Waals surface area contributed by atoms with Crippen molar-refractivity contribution in [2.24, 2.45) is 0 Å². The van der Waals surface area contributed by atoms with E-state index in [1.807, 2.05) is 4.90 Å². The van der Waals surface area contributed by atoms with E-state index >= 15 is 0 Å². The topological polar surface area (TPSA) is 49.0 Å². The van der Waals surface area contributed by atoms with Crippen LogP contribution in [0.3, 0.4) is 0 Å². The smallest absolute Gasteiger partial charge is 0.254 e. The number of hydrogen-bond acceptors (Lipinski definition) is 3. The van der Waals surface area contributed by atoms with E-state index in [1.165, 1.54) is 0 Å². The van der Waals surface area contributed by atoms with Crippen molar-refractivity contribution in [3.63, 3.8) is 0 Å². The number of aromatic nitrogens is 2. The zero-order valence-electron chi connectivity index (χ0n) is 12.9. The van der Waals surface area contributed by atoms with E-state index < -0.39 is 11.6 Å². The summed E-state index contributed by atoms with van der Waals surface area (Å²) in [7, 11) is 0. The minimum Gasteiger partial charge on any atom is -0.310 e. The van der Waals surface area contributed by atoms with Crippen LogP contribution in [0.5, 0.6) is 0 Å². The van der Waals surface area contributed by atoms with Crippen LogP contribution in [0.4, 0.5) is 8.78 Å². The molecule has 0 atom stereocenters. The van der Waals surface area contributed by atoms with E-state index in [2.05, 4.69) is 9.97 Å². The Labute approximate surface area is 142 Å². The minimum absolute atomic E-state index is 0.0727. The van der Waals surface area contributed by atoms with Crippen molar-refractivity contribution in [1.82, 2.24) is 14.9 Å². The lowest BCUT2D eigenvalue weighted by Crippen LogP contribution is -2.35. The molecule has 1 N–H and O–H groups in total. The summed E-state index contributed by atoms with van der Waals surface area (Å²) in [6.07, 6.45) is 2.64. The summed E-state index contributed by atoms with van der Waals surface area (Å²) in [5.41, 5.74) is 1.50. The highest BCUT2D eigenvalue weighted by Gasteiger charge is 2.29. The van der Waals surface area contributed by atoms with Gasteiger partial charge < -0.3 is 4.98 Å². The highest BCUT2D eigenvalue weighted by molar-refractivity contribution is 6.31. The molecule has 24 heavy (non-hydrogen) atoms. The first-order valence-electron chi connectivity index (χ1n) is 7.99.